The number of carboxylic acids is 1. The van der Waals surface area contributed by atoms with Crippen LogP contribution in [-0.4, -0.2) is 32.1 Å². The van der Waals surface area contributed by atoms with Crippen molar-refractivity contribution in [3.05, 3.63) is 17.0 Å². The lowest BCUT2D eigenvalue weighted by molar-refractivity contribution is 0.0693. The van der Waals surface area contributed by atoms with E-state index in [-0.39, 0.29) is 11.6 Å². The quantitative estimate of drug-likeness (QED) is 0.790. The van der Waals surface area contributed by atoms with Gasteiger partial charge in [0.05, 0.1) is 23.5 Å². The molecule has 18 heavy (non-hydrogen) atoms. The van der Waals surface area contributed by atoms with Gasteiger partial charge in [-0.25, -0.2) is 4.79 Å². The molecule has 0 amide bonds. The van der Waals surface area contributed by atoms with Gasteiger partial charge < -0.3 is 10.2 Å². The maximum absolute atomic E-state index is 11.2. The lowest BCUT2D eigenvalue weighted by atomic mass is 10.1. The van der Waals surface area contributed by atoms with Gasteiger partial charge in [0.25, 0.3) is 0 Å². The van der Waals surface area contributed by atoms with E-state index in [0.29, 0.717) is 11.4 Å². The van der Waals surface area contributed by atoms with E-state index >= 15 is 0 Å². The van der Waals surface area contributed by atoms with E-state index in [1.54, 1.807) is 18.5 Å². The van der Waals surface area contributed by atoms with Crippen LogP contribution >= 0.6 is 0 Å². The fourth-order valence-corrected chi connectivity index (χ4v) is 2.85. The number of aryl methyl sites for hydroxylation is 1. The van der Waals surface area contributed by atoms with Crippen LogP contribution in [0.5, 0.6) is 0 Å². The highest BCUT2D eigenvalue weighted by Crippen LogP contribution is 2.29. The Morgan fingerprint density at radius 1 is 1.28 bits per heavy atom. The van der Waals surface area contributed by atoms with Crippen molar-refractivity contribution in [1.29, 1.82) is 0 Å². The second-order valence-corrected chi connectivity index (χ2v) is 5.07. The van der Waals surface area contributed by atoms with Crippen LogP contribution in [0.4, 0.5) is 0 Å². The van der Waals surface area contributed by atoms with Crippen molar-refractivity contribution in [1.82, 2.24) is 9.78 Å². The van der Waals surface area contributed by atoms with Crippen molar-refractivity contribution in [2.24, 2.45) is 0 Å². The zero-order valence-corrected chi connectivity index (χ0v) is 10.9. The SMILES string of the molecule is Cc1nn(C2CCCCCC2O)c(C)c1C(=O)O. The fraction of sp³-hybridized carbons (Fsp3) is 0.692. The Bertz CT molecular complexity index is 453. The van der Waals surface area contributed by atoms with Crippen molar-refractivity contribution >= 4 is 5.97 Å². The fourth-order valence-electron chi connectivity index (χ4n) is 2.85. The molecule has 100 valence electrons. The smallest absolute Gasteiger partial charge is 0.339 e. The molecule has 1 fully saturated rings. The molecule has 0 radical (unpaired) electrons. The highest BCUT2D eigenvalue weighted by Gasteiger charge is 2.28. The van der Waals surface area contributed by atoms with E-state index < -0.39 is 12.1 Å². The summed E-state index contributed by atoms with van der Waals surface area (Å²) in [5, 5.41) is 23.6. The third-order valence-corrected chi connectivity index (χ3v) is 3.80. The predicted molar refractivity (Wildman–Crippen MR) is 66.8 cm³/mol. The summed E-state index contributed by atoms with van der Waals surface area (Å²) in [6.45, 7) is 3.47. The highest BCUT2D eigenvalue weighted by molar-refractivity contribution is 5.90. The summed E-state index contributed by atoms with van der Waals surface area (Å²) in [5.74, 6) is -0.945. The zero-order valence-electron chi connectivity index (χ0n) is 10.9. The second-order valence-electron chi connectivity index (χ2n) is 5.07. The third-order valence-electron chi connectivity index (χ3n) is 3.80. The average molecular weight is 252 g/mol. The van der Waals surface area contributed by atoms with Crippen LogP contribution < -0.4 is 0 Å². The summed E-state index contributed by atoms with van der Waals surface area (Å²) in [4.78, 5) is 11.2. The van der Waals surface area contributed by atoms with Crippen LogP contribution in [0.1, 0.15) is 59.9 Å². The molecule has 1 aliphatic rings. The molecular formula is C13H20N2O3. The van der Waals surface area contributed by atoms with Gasteiger partial charge in [0.15, 0.2) is 0 Å². The summed E-state index contributed by atoms with van der Waals surface area (Å²) < 4.78 is 1.72. The maximum atomic E-state index is 11.2. The minimum absolute atomic E-state index is 0.0840. The first-order valence-electron chi connectivity index (χ1n) is 6.49. The monoisotopic (exact) mass is 252 g/mol. The van der Waals surface area contributed by atoms with E-state index in [2.05, 4.69) is 5.10 Å². The first-order valence-corrected chi connectivity index (χ1v) is 6.49. The number of aromatic nitrogens is 2. The summed E-state index contributed by atoms with van der Waals surface area (Å²) in [5.41, 5.74) is 1.44. The lowest BCUT2D eigenvalue weighted by Crippen LogP contribution is -2.25. The van der Waals surface area contributed by atoms with E-state index in [0.717, 1.165) is 32.1 Å². The van der Waals surface area contributed by atoms with Crippen molar-refractivity contribution < 1.29 is 15.0 Å². The van der Waals surface area contributed by atoms with Crippen LogP contribution in [0.3, 0.4) is 0 Å². The molecule has 5 heteroatoms. The predicted octanol–water partition coefficient (Wildman–Crippen LogP) is 2.06. The normalized spacial score (nSPS) is 24.8. The molecule has 1 saturated carbocycles. The number of hydrogen-bond donors (Lipinski definition) is 2. The van der Waals surface area contributed by atoms with Gasteiger partial charge in [0.1, 0.15) is 5.56 Å². The number of rotatable bonds is 2. The van der Waals surface area contributed by atoms with Crippen LogP contribution in [0.25, 0.3) is 0 Å². The molecule has 2 rings (SSSR count). The maximum Gasteiger partial charge on any atom is 0.339 e. The number of carboxylic acid groups (broad SMARTS) is 1. The minimum Gasteiger partial charge on any atom is -0.478 e. The van der Waals surface area contributed by atoms with Gasteiger partial charge in [-0.05, 0) is 26.7 Å². The molecule has 5 nitrogen and oxygen atoms in total. The third kappa shape index (κ3) is 2.27. The van der Waals surface area contributed by atoms with Crippen molar-refractivity contribution in [2.75, 3.05) is 0 Å². The van der Waals surface area contributed by atoms with Gasteiger partial charge in [-0.2, -0.15) is 5.10 Å². The molecule has 1 heterocycles. The number of nitrogens with zero attached hydrogens (tertiary/aromatic N) is 2. The Labute approximate surface area is 106 Å². The van der Waals surface area contributed by atoms with Crippen LogP contribution in [0.15, 0.2) is 0 Å². The van der Waals surface area contributed by atoms with E-state index in [1.807, 2.05) is 0 Å². The number of aliphatic hydroxyl groups excluding tert-OH is 1. The van der Waals surface area contributed by atoms with Crippen LogP contribution in [-0.2, 0) is 0 Å². The molecule has 2 atom stereocenters. The Morgan fingerprint density at radius 3 is 2.56 bits per heavy atom. The number of aliphatic hydroxyl groups is 1. The molecule has 0 aliphatic heterocycles. The molecule has 2 N–H and O–H groups in total. The highest BCUT2D eigenvalue weighted by atomic mass is 16.4. The van der Waals surface area contributed by atoms with Crippen molar-refractivity contribution in [3.63, 3.8) is 0 Å². The van der Waals surface area contributed by atoms with E-state index in [9.17, 15) is 9.90 Å². The lowest BCUT2D eigenvalue weighted by Gasteiger charge is -2.22. The summed E-state index contributed by atoms with van der Waals surface area (Å²) >= 11 is 0. The molecule has 0 aromatic carbocycles. The van der Waals surface area contributed by atoms with Crippen molar-refractivity contribution in [2.45, 2.75) is 58.1 Å². The van der Waals surface area contributed by atoms with Gasteiger partial charge in [0, 0.05) is 0 Å². The average Bonchev–Trinajstić information content (AvgIpc) is 2.47. The summed E-state index contributed by atoms with van der Waals surface area (Å²) in [6.07, 6.45) is 4.42. The van der Waals surface area contributed by atoms with Gasteiger partial charge >= 0.3 is 5.97 Å². The van der Waals surface area contributed by atoms with E-state index in [4.69, 9.17) is 5.11 Å². The Hall–Kier alpha value is -1.36. The first kappa shape index (κ1) is 13.1. The standard InChI is InChI=1S/C13H20N2O3/c1-8-12(13(17)18)9(2)15(14-8)10-6-4-3-5-7-11(10)16/h10-11,16H,3-7H2,1-2H3,(H,17,18). The molecule has 2 unspecified atom stereocenters. The van der Waals surface area contributed by atoms with Gasteiger partial charge in [-0.1, -0.05) is 19.3 Å². The molecule has 0 spiro atoms. The molecule has 1 aromatic rings. The van der Waals surface area contributed by atoms with Crippen LogP contribution in [0.2, 0.25) is 0 Å². The number of hydrogen-bond acceptors (Lipinski definition) is 3. The van der Waals surface area contributed by atoms with Gasteiger partial charge in [-0.15, -0.1) is 0 Å². The molecule has 1 aromatic heterocycles. The van der Waals surface area contributed by atoms with Crippen molar-refractivity contribution in [3.8, 4) is 0 Å². The van der Waals surface area contributed by atoms with E-state index in [1.165, 1.54) is 0 Å². The largest absolute Gasteiger partial charge is 0.478 e. The molecule has 0 saturated heterocycles. The minimum atomic E-state index is -0.945. The Morgan fingerprint density at radius 2 is 1.94 bits per heavy atom. The van der Waals surface area contributed by atoms with Crippen LogP contribution in [0, 0.1) is 13.8 Å². The molecular weight excluding hydrogens is 232 g/mol. The summed E-state index contributed by atoms with van der Waals surface area (Å²) in [7, 11) is 0. The number of aromatic carboxylic acids is 1. The zero-order chi connectivity index (χ0) is 13.3. The van der Waals surface area contributed by atoms with Gasteiger partial charge in [0.2, 0.25) is 0 Å². The van der Waals surface area contributed by atoms with Gasteiger partial charge in [-0.3, -0.25) is 4.68 Å². The first-order chi connectivity index (χ1) is 8.52. The Balaban J connectivity index is 2.38. The Kier molecular flexibility index (Phi) is 3.71. The molecule has 0 bridgehead atoms. The number of carbonyl (C=O) groups is 1. The molecule has 1 aliphatic carbocycles. The topological polar surface area (TPSA) is 75.3 Å². The summed E-state index contributed by atoms with van der Waals surface area (Å²) in [6, 6.07) is -0.0840. The second kappa shape index (κ2) is 5.10.